The van der Waals surface area contributed by atoms with E-state index in [2.05, 4.69) is 13.8 Å². The summed E-state index contributed by atoms with van der Waals surface area (Å²) in [6, 6.07) is 0. The molecule has 0 amide bonds. The van der Waals surface area contributed by atoms with E-state index in [1.165, 1.54) is 94.6 Å². The van der Waals surface area contributed by atoms with Gasteiger partial charge in [-0.05, 0) is 50.2 Å². The predicted octanol–water partition coefficient (Wildman–Crippen LogP) is 7.00. The van der Waals surface area contributed by atoms with Crippen molar-refractivity contribution in [3.8, 4) is 5.75 Å². The van der Waals surface area contributed by atoms with Crippen molar-refractivity contribution in [2.24, 2.45) is 5.92 Å². The molecule has 0 saturated carbocycles. The van der Waals surface area contributed by atoms with Crippen LogP contribution in [0.5, 0.6) is 5.75 Å². The molecule has 0 N–H and O–H groups in total. The number of fused-ring (bicyclic) bond motifs is 2. The third-order valence-electron chi connectivity index (χ3n) is 7.98. The zero-order valence-electron chi connectivity index (χ0n) is 22.2. The molecule has 0 saturated heterocycles. The van der Waals surface area contributed by atoms with Crippen molar-refractivity contribution in [1.29, 1.82) is 0 Å². The molecule has 4 aromatic rings. The molecule has 35 heavy (non-hydrogen) atoms. The summed E-state index contributed by atoms with van der Waals surface area (Å²) < 4.78 is 9.56. The normalized spacial score (nSPS) is 13.2. The topological polar surface area (TPSA) is 52.2 Å². The molecule has 5 nitrogen and oxygen atoms in total. The van der Waals surface area contributed by atoms with Crippen molar-refractivity contribution in [1.82, 2.24) is 8.80 Å². The van der Waals surface area contributed by atoms with E-state index in [0.717, 1.165) is 47.7 Å². The van der Waals surface area contributed by atoms with Gasteiger partial charge in [-0.25, -0.2) is 0 Å². The highest BCUT2D eigenvalue weighted by molar-refractivity contribution is 5.70. The van der Waals surface area contributed by atoms with E-state index < -0.39 is 0 Å². The summed E-state index contributed by atoms with van der Waals surface area (Å²) in [6.07, 6.45) is 23.0. The van der Waals surface area contributed by atoms with Crippen molar-refractivity contribution >= 4 is 11.0 Å². The maximum absolute atomic E-state index is 11.7. The van der Waals surface area contributed by atoms with Crippen molar-refractivity contribution in [2.75, 3.05) is 6.61 Å². The van der Waals surface area contributed by atoms with Crippen molar-refractivity contribution in [3.05, 3.63) is 49.8 Å². The Morgan fingerprint density at radius 2 is 1.29 bits per heavy atom. The summed E-state index contributed by atoms with van der Waals surface area (Å²) in [5.74, 6) is 1.54. The minimum absolute atomic E-state index is 0.105. The Morgan fingerprint density at radius 3 is 1.94 bits per heavy atom. The van der Waals surface area contributed by atoms with E-state index in [1.807, 2.05) is 19.3 Å². The van der Waals surface area contributed by atoms with Gasteiger partial charge in [0.05, 0.1) is 6.61 Å². The molecule has 4 heterocycles. The lowest BCUT2D eigenvalue weighted by Crippen LogP contribution is -2.08. The summed E-state index contributed by atoms with van der Waals surface area (Å²) in [5, 5.41) is 0. The first-order chi connectivity index (χ1) is 17.0. The first kappa shape index (κ1) is 25.8. The van der Waals surface area contributed by atoms with E-state index in [-0.39, 0.29) is 11.1 Å². The summed E-state index contributed by atoms with van der Waals surface area (Å²) in [6.45, 7) is 7.13. The largest absolute Gasteiger partial charge is 0.491 e. The van der Waals surface area contributed by atoms with Crippen molar-refractivity contribution < 1.29 is 4.74 Å². The number of aryl methyl sites for hydroxylation is 3. The number of rotatable bonds is 19. The number of hydrogen-bond acceptors (Lipinski definition) is 3. The number of hydrogen-bond donors (Lipinski definition) is 0. The molecular formula is C30H44N2O3. The fourth-order valence-corrected chi connectivity index (χ4v) is 5.68. The fourth-order valence-electron chi connectivity index (χ4n) is 5.68. The fraction of sp³-hybridized carbons (Fsp3) is 0.667. The second kappa shape index (κ2) is 12.1. The van der Waals surface area contributed by atoms with Gasteiger partial charge < -0.3 is 4.74 Å². The monoisotopic (exact) mass is 480 g/mol. The molecule has 5 heteroatoms. The average molecular weight is 481 g/mol. The highest BCUT2D eigenvalue weighted by atomic mass is 16.5. The van der Waals surface area contributed by atoms with Gasteiger partial charge in [-0.3, -0.25) is 18.4 Å². The molecule has 0 aliphatic carbocycles. The molecule has 4 aromatic heterocycles. The van der Waals surface area contributed by atoms with Crippen LogP contribution in [0.4, 0.5) is 0 Å². The van der Waals surface area contributed by atoms with Crippen LogP contribution in [0, 0.1) is 19.8 Å². The zero-order valence-corrected chi connectivity index (χ0v) is 22.2. The van der Waals surface area contributed by atoms with Gasteiger partial charge in [-0.15, -0.1) is 0 Å². The molecule has 0 radical (unpaired) electrons. The van der Waals surface area contributed by atoms with Gasteiger partial charge in [0.2, 0.25) is 0 Å². The van der Waals surface area contributed by atoms with Gasteiger partial charge >= 0.3 is 0 Å². The van der Waals surface area contributed by atoms with Crippen LogP contribution in [0.3, 0.4) is 0 Å². The Morgan fingerprint density at radius 1 is 0.714 bits per heavy atom. The Bertz CT molecular complexity index is 1220. The highest BCUT2D eigenvalue weighted by Gasteiger charge is 2.22. The third kappa shape index (κ3) is 6.48. The quantitative estimate of drug-likeness (QED) is 0.136. The molecule has 0 fully saturated rings. The zero-order chi connectivity index (χ0) is 24.8. The Hall–Kier alpha value is -2.30. The molecule has 4 rings (SSSR count). The minimum Gasteiger partial charge on any atom is -0.491 e. The second-order valence-corrected chi connectivity index (χ2v) is 10.8. The molecule has 0 aliphatic rings. The summed E-state index contributed by atoms with van der Waals surface area (Å²) in [4.78, 5) is 23.3. The molecule has 0 aromatic carbocycles. The smallest absolute Gasteiger partial charge is 0.283 e. The Balaban J connectivity index is 1.10. The SMILES string of the molecule is CCCCCCCC(CCCCCCCCc1c(C)cn2c(=O)c12)CCOc1c(C)cn2c(=O)c12. The number of ether oxygens (including phenoxy) is 1. The summed E-state index contributed by atoms with van der Waals surface area (Å²) >= 11 is 0. The Kier molecular flexibility index (Phi) is 8.91. The van der Waals surface area contributed by atoms with E-state index in [1.54, 1.807) is 8.80 Å². The third-order valence-corrected chi connectivity index (χ3v) is 7.98. The lowest BCUT2D eigenvalue weighted by molar-refractivity contribution is 0.261. The van der Waals surface area contributed by atoms with E-state index >= 15 is 0 Å². The van der Waals surface area contributed by atoms with Gasteiger partial charge in [-0.1, -0.05) is 84.0 Å². The molecule has 1 unspecified atom stereocenters. The summed E-state index contributed by atoms with van der Waals surface area (Å²) in [5.41, 5.74) is 5.69. The van der Waals surface area contributed by atoms with Crippen LogP contribution < -0.4 is 15.9 Å². The lowest BCUT2D eigenvalue weighted by atomic mass is 9.91. The van der Waals surface area contributed by atoms with Crippen LogP contribution in [0.2, 0.25) is 0 Å². The molecule has 192 valence electrons. The van der Waals surface area contributed by atoms with Gasteiger partial charge in [-0.2, -0.15) is 0 Å². The van der Waals surface area contributed by atoms with Gasteiger partial charge in [0.1, 0.15) is 5.52 Å². The lowest BCUT2D eigenvalue weighted by Gasteiger charge is -2.17. The van der Waals surface area contributed by atoms with Crippen LogP contribution in [0.15, 0.2) is 22.0 Å². The first-order valence-corrected chi connectivity index (χ1v) is 14.2. The Labute approximate surface area is 209 Å². The average Bonchev–Trinajstić information content (AvgIpc) is 3.53. The van der Waals surface area contributed by atoms with Crippen molar-refractivity contribution in [3.63, 3.8) is 0 Å². The standard InChI is InChI=1S/C30H44N2O3/c1-4-5-6-9-12-15-24(18-19-35-28-23(3)21-32-27(28)30(32)34)16-13-10-7-8-11-14-17-25-22(2)20-31-26(25)29(31)33/h20-21,24H,4-19H2,1-3H3. The van der Waals surface area contributed by atoms with E-state index in [4.69, 9.17) is 4.74 Å². The van der Waals surface area contributed by atoms with Crippen LogP contribution in [0.1, 0.15) is 114 Å². The van der Waals surface area contributed by atoms with Gasteiger partial charge in [0, 0.05) is 18.0 Å². The van der Waals surface area contributed by atoms with Crippen LogP contribution >= 0.6 is 0 Å². The molecular weight excluding hydrogens is 436 g/mol. The van der Waals surface area contributed by atoms with Gasteiger partial charge in [0.15, 0.2) is 11.3 Å². The summed E-state index contributed by atoms with van der Waals surface area (Å²) in [7, 11) is 0. The first-order valence-electron chi connectivity index (χ1n) is 14.2. The van der Waals surface area contributed by atoms with Gasteiger partial charge in [0.25, 0.3) is 11.1 Å². The number of aromatic nitrogens is 2. The van der Waals surface area contributed by atoms with Crippen molar-refractivity contribution in [2.45, 2.75) is 117 Å². The highest BCUT2D eigenvalue weighted by Crippen LogP contribution is 2.28. The predicted molar refractivity (Wildman–Crippen MR) is 145 cm³/mol. The molecule has 0 bridgehead atoms. The molecule has 0 spiro atoms. The number of unbranched alkanes of at least 4 members (excludes halogenated alkanes) is 9. The van der Waals surface area contributed by atoms with Crippen LogP contribution in [-0.2, 0) is 6.42 Å². The van der Waals surface area contributed by atoms with Crippen LogP contribution in [0.25, 0.3) is 11.0 Å². The maximum Gasteiger partial charge on any atom is 0.283 e. The molecule has 0 aliphatic heterocycles. The maximum atomic E-state index is 11.7. The second-order valence-electron chi connectivity index (χ2n) is 10.8. The van der Waals surface area contributed by atoms with E-state index in [9.17, 15) is 9.59 Å². The number of nitrogens with zero attached hydrogens (tertiary/aromatic N) is 2. The van der Waals surface area contributed by atoms with Crippen LogP contribution in [-0.4, -0.2) is 15.4 Å². The minimum atomic E-state index is 0.105. The van der Waals surface area contributed by atoms with E-state index in [0.29, 0.717) is 0 Å². The molecule has 1 atom stereocenters. The number of pyridine rings is 2.